The molecular weight excluding hydrogens is 330 g/mol. The third kappa shape index (κ3) is 3.35. The number of aryl methyl sites for hydroxylation is 2. The van der Waals surface area contributed by atoms with E-state index in [1.807, 2.05) is 0 Å². The van der Waals surface area contributed by atoms with Gasteiger partial charge in [-0.15, -0.1) is 0 Å². The van der Waals surface area contributed by atoms with Crippen LogP contribution in [0.4, 0.5) is 0 Å². The van der Waals surface area contributed by atoms with Crippen molar-refractivity contribution in [3.8, 4) is 0 Å². The summed E-state index contributed by atoms with van der Waals surface area (Å²) in [5.74, 6) is 0.759. The molecule has 26 heavy (non-hydrogen) atoms. The Morgan fingerprint density at radius 3 is 2.88 bits per heavy atom. The van der Waals surface area contributed by atoms with Gasteiger partial charge in [0.2, 0.25) is 0 Å². The van der Waals surface area contributed by atoms with E-state index in [-0.39, 0.29) is 17.2 Å². The quantitative estimate of drug-likeness (QED) is 0.814. The van der Waals surface area contributed by atoms with Gasteiger partial charge in [-0.2, -0.15) is 5.10 Å². The topological polar surface area (TPSA) is 73.0 Å². The van der Waals surface area contributed by atoms with Gasteiger partial charge in [-0.25, -0.2) is 9.67 Å². The van der Waals surface area contributed by atoms with Crippen LogP contribution in [0, 0.1) is 0 Å². The van der Waals surface area contributed by atoms with Gasteiger partial charge in [0.1, 0.15) is 5.82 Å². The van der Waals surface area contributed by atoms with E-state index in [0.29, 0.717) is 13.1 Å². The summed E-state index contributed by atoms with van der Waals surface area (Å²) in [6.07, 6.45) is 7.94. The maximum absolute atomic E-state index is 12.5. The third-order valence-electron chi connectivity index (χ3n) is 5.66. The molecule has 0 bridgehead atoms. The number of hydrogen-bond donors (Lipinski definition) is 0. The summed E-state index contributed by atoms with van der Waals surface area (Å²) in [5, 5.41) is 4.66. The predicted molar refractivity (Wildman–Crippen MR) is 98.0 cm³/mol. The minimum absolute atomic E-state index is 0.00253. The minimum Gasteiger partial charge on any atom is -0.299 e. The highest BCUT2D eigenvalue weighted by Crippen LogP contribution is 2.21. The number of rotatable bonds is 4. The van der Waals surface area contributed by atoms with Crippen LogP contribution in [0.1, 0.15) is 42.8 Å². The van der Waals surface area contributed by atoms with Crippen LogP contribution in [0.5, 0.6) is 0 Å². The van der Waals surface area contributed by atoms with Crippen molar-refractivity contribution in [3.63, 3.8) is 0 Å². The van der Waals surface area contributed by atoms with Crippen LogP contribution < -0.4 is 11.1 Å². The molecular formula is C19H25N5O2. The standard InChI is InChI=1S/C19H25N5O2/c1-22-17(20-9-8-18(22)25)13-23-10-4-6-15(23)12-24-19(26)11-14-5-2-3-7-16(14)21-24/h8-9,11,15H,2-7,10,12-13H2,1H3. The molecule has 1 unspecified atom stereocenters. The van der Waals surface area contributed by atoms with Gasteiger partial charge in [-0.3, -0.25) is 19.1 Å². The summed E-state index contributed by atoms with van der Waals surface area (Å²) < 4.78 is 3.24. The average molecular weight is 355 g/mol. The highest BCUT2D eigenvalue weighted by molar-refractivity contribution is 5.20. The largest absolute Gasteiger partial charge is 0.299 e. The van der Waals surface area contributed by atoms with E-state index in [2.05, 4.69) is 15.0 Å². The first-order chi connectivity index (χ1) is 12.6. The van der Waals surface area contributed by atoms with Crippen molar-refractivity contribution >= 4 is 0 Å². The highest BCUT2D eigenvalue weighted by atomic mass is 16.1. The van der Waals surface area contributed by atoms with Crippen LogP contribution in [0.3, 0.4) is 0 Å². The second-order valence-corrected chi connectivity index (χ2v) is 7.37. The van der Waals surface area contributed by atoms with Crippen molar-refractivity contribution in [2.45, 2.75) is 57.7 Å². The summed E-state index contributed by atoms with van der Waals surface area (Å²) in [5.41, 5.74) is 2.18. The Bertz CT molecular complexity index is 917. The van der Waals surface area contributed by atoms with Crippen LogP contribution in [0.15, 0.2) is 27.9 Å². The van der Waals surface area contributed by atoms with Crippen molar-refractivity contribution in [1.82, 2.24) is 24.2 Å². The zero-order chi connectivity index (χ0) is 18.1. The Morgan fingerprint density at radius 1 is 1.15 bits per heavy atom. The van der Waals surface area contributed by atoms with Crippen molar-refractivity contribution < 1.29 is 0 Å². The Labute approximate surface area is 152 Å². The first-order valence-electron chi connectivity index (χ1n) is 9.47. The van der Waals surface area contributed by atoms with Crippen LogP contribution in [-0.4, -0.2) is 36.8 Å². The molecule has 0 N–H and O–H groups in total. The van der Waals surface area contributed by atoms with E-state index in [1.165, 1.54) is 6.07 Å². The number of hydrogen-bond acceptors (Lipinski definition) is 5. The van der Waals surface area contributed by atoms with E-state index >= 15 is 0 Å². The van der Waals surface area contributed by atoms with E-state index in [1.54, 1.807) is 28.6 Å². The molecule has 7 nitrogen and oxygen atoms in total. The summed E-state index contributed by atoms with van der Waals surface area (Å²) in [7, 11) is 1.76. The van der Waals surface area contributed by atoms with Crippen molar-refractivity contribution in [3.05, 3.63) is 56.1 Å². The molecule has 138 valence electrons. The molecule has 1 fully saturated rings. The third-order valence-corrected chi connectivity index (χ3v) is 5.66. The number of aromatic nitrogens is 4. The fourth-order valence-electron chi connectivity index (χ4n) is 4.08. The molecule has 2 aromatic rings. The SMILES string of the molecule is Cn1c(CN2CCCC2Cn2nc3c(cc2=O)CCCC3)nccc1=O. The molecule has 1 atom stereocenters. The fourth-order valence-corrected chi connectivity index (χ4v) is 4.08. The molecule has 0 aromatic carbocycles. The van der Waals surface area contributed by atoms with Gasteiger partial charge >= 0.3 is 0 Å². The predicted octanol–water partition coefficient (Wildman–Crippen LogP) is 0.880. The van der Waals surface area contributed by atoms with E-state index < -0.39 is 0 Å². The second kappa shape index (κ2) is 7.15. The lowest BCUT2D eigenvalue weighted by Crippen LogP contribution is -2.38. The van der Waals surface area contributed by atoms with Gasteiger partial charge in [0.25, 0.3) is 11.1 Å². The second-order valence-electron chi connectivity index (χ2n) is 7.37. The molecule has 1 aliphatic carbocycles. The van der Waals surface area contributed by atoms with E-state index in [4.69, 9.17) is 0 Å². The number of nitrogens with zero attached hydrogens (tertiary/aromatic N) is 5. The molecule has 0 amide bonds. The van der Waals surface area contributed by atoms with E-state index in [9.17, 15) is 9.59 Å². The van der Waals surface area contributed by atoms with Gasteiger partial charge in [0, 0.05) is 31.4 Å². The molecule has 0 saturated carbocycles. The molecule has 1 saturated heterocycles. The normalized spacial score (nSPS) is 20.3. The Morgan fingerprint density at radius 2 is 2.00 bits per heavy atom. The molecule has 0 radical (unpaired) electrons. The van der Waals surface area contributed by atoms with Gasteiger partial charge in [0.05, 0.1) is 18.8 Å². The number of fused-ring (bicyclic) bond motifs is 1. The van der Waals surface area contributed by atoms with Crippen LogP contribution in [-0.2, 0) is 33.0 Å². The zero-order valence-electron chi connectivity index (χ0n) is 15.2. The molecule has 0 spiro atoms. The summed E-state index contributed by atoms with van der Waals surface area (Å²) in [6.45, 7) is 2.18. The summed E-state index contributed by atoms with van der Waals surface area (Å²) in [4.78, 5) is 31.0. The van der Waals surface area contributed by atoms with Crippen LogP contribution >= 0.6 is 0 Å². The van der Waals surface area contributed by atoms with Crippen LogP contribution in [0.25, 0.3) is 0 Å². The molecule has 7 heteroatoms. The Balaban J connectivity index is 1.53. The maximum Gasteiger partial charge on any atom is 0.267 e. The smallest absolute Gasteiger partial charge is 0.267 e. The Kier molecular flexibility index (Phi) is 4.72. The molecule has 2 aromatic heterocycles. The van der Waals surface area contributed by atoms with Crippen LogP contribution in [0.2, 0.25) is 0 Å². The van der Waals surface area contributed by atoms with Crippen molar-refractivity contribution in [2.75, 3.05) is 6.54 Å². The molecule has 2 aliphatic rings. The minimum atomic E-state index is -0.0432. The zero-order valence-corrected chi connectivity index (χ0v) is 15.2. The van der Waals surface area contributed by atoms with Gasteiger partial charge < -0.3 is 0 Å². The first-order valence-corrected chi connectivity index (χ1v) is 9.47. The molecule has 3 heterocycles. The van der Waals surface area contributed by atoms with Gasteiger partial charge in [-0.05, 0) is 50.6 Å². The fraction of sp³-hybridized carbons (Fsp3) is 0.579. The number of likely N-dealkylation sites (tertiary alicyclic amines) is 1. The maximum atomic E-state index is 12.5. The molecule has 1 aliphatic heterocycles. The first kappa shape index (κ1) is 17.1. The average Bonchev–Trinajstić information content (AvgIpc) is 3.06. The van der Waals surface area contributed by atoms with Gasteiger partial charge in [0.15, 0.2) is 0 Å². The lowest BCUT2D eigenvalue weighted by molar-refractivity contribution is 0.208. The molecule has 4 rings (SSSR count). The van der Waals surface area contributed by atoms with Gasteiger partial charge in [-0.1, -0.05) is 0 Å². The monoisotopic (exact) mass is 355 g/mol. The lowest BCUT2D eigenvalue weighted by atomic mass is 9.97. The Hall–Kier alpha value is -2.28. The van der Waals surface area contributed by atoms with Crippen molar-refractivity contribution in [2.24, 2.45) is 7.05 Å². The lowest BCUT2D eigenvalue weighted by Gasteiger charge is -2.25. The summed E-state index contributed by atoms with van der Waals surface area (Å²) >= 11 is 0. The highest BCUT2D eigenvalue weighted by Gasteiger charge is 2.27. The van der Waals surface area contributed by atoms with E-state index in [0.717, 1.165) is 62.2 Å². The summed E-state index contributed by atoms with van der Waals surface area (Å²) in [6, 6.07) is 3.50. The van der Waals surface area contributed by atoms with Crippen molar-refractivity contribution in [1.29, 1.82) is 0 Å².